The van der Waals surface area contributed by atoms with Crippen LogP contribution in [0.1, 0.15) is 13.3 Å². The zero-order valence-corrected chi connectivity index (χ0v) is 15.8. The molecule has 1 aromatic heterocycles. The van der Waals surface area contributed by atoms with Crippen molar-refractivity contribution in [1.29, 1.82) is 0 Å². The second-order valence-electron chi connectivity index (χ2n) is 5.42. The van der Waals surface area contributed by atoms with Crippen LogP contribution < -0.4 is 5.32 Å². The van der Waals surface area contributed by atoms with Crippen LogP contribution in [-0.2, 0) is 9.59 Å². The van der Waals surface area contributed by atoms with Crippen LogP contribution in [0, 0.1) is 10.1 Å². The molecule has 0 saturated carbocycles. The Labute approximate surface area is 162 Å². The number of thioether (sulfide) groups is 1. The number of nitro benzene ring substituents is 1. The Hall–Kier alpha value is -2.79. The topological polar surface area (TPSA) is 118 Å². The maximum absolute atomic E-state index is 12.6. The van der Waals surface area contributed by atoms with E-state index < -0.39 is 16.1 Å². The standard InChI is InChI=1S/C16H15N5O4S2/c1-2-20-14(23)12(27-16(20)19-15-17-7-8-26-15)9-13(22)18-10-5-3-4-6-11(10)21(24)25/h3-8,12H,2,9H2,1H3,(H,18,22). The Bertz CT molecular complexity index is 900. The number of carbonyl (C=O) groups excluding carboxylic acids is 2. The fraction of sp³-hybridized carbons (Fsp3) is 0.250. The average Bonchev–Trinajstić information content (AvgIpc) is 3.24. The summed E-state index contributed by atoms with van der Waals surface area (Å²) in [5.41, 5.74) is -0.0931. The largest absolute Gasteiger partial charge is 0.320 e. The summed E-state index contributed by atoms with van der Waals surface area (Å²) >= 11 is 2.55. The number of hydrogen-bond donors (Lipinski definition) is 1. The molecule has 140 valence electrons. The Morgan fingerprint density at radius 2 is 2.22 bits per heavy atom. The number of amides is 2. The van der Waals surface area contributed by atoms with Gasteiger partial charge >= 0.3 is 0 Å². The van der Waals surface area contributed by atoms with Crippen LogP contribution in [0.3, 0.4) is 0 Å². The third-order valence-corrected chi connectivity index (χ3v) is 5.53. The lowest BCUT2D eigenvalue weighted by atomic mass is 10.2. The molecule has 1 aliphatic rings. The van der Waals surface area contributed by atoms with E-state index in [2.05, 4.69) is 15.3 Å². The van der Waals surface area contributed by atoms with E-state index in [0.717, 1.165) is 0 Å². The molecule has 2 heterocycles. The van der Waals surface area contributed by atoms with E-state index >= 15 is 0 Å². The molecule has 2 amide bonds. The quantitative estimate of drug-likeness (QED) is 0.583. The number of aromatic nitrogens is 1. The van der Waals surface area contributed by atoms with E-state index in [0.29, 0.717) is 16.8 Å². The molecule has 1 saturated heterocycles. The summed E-state index contributed by atoms with van der Waals surface area (Å²) in [7, 11) is 0. The van der Waals surface area contributed by atoms with Gasteiger partial charge in [0.25, 0.3) is 5.69 Å². The highest BCUT2D eigenvalue weighted by Crippen LogP contribution is 2.32. The number of carbonyl (C=O) groups is 2. The molecule has 1 N–H and O–H groups in total. The first kappa shape index (κ1) is 19.0. The molecule has 1 fully saturated rings. The van der Waals surface area contributed by atoms with Crippen molar-refractivity contribution >= 4 is 56.6 Å². The lowest BCUT2D eigenvalue weighted by Crippen LogP contribution is -2.33. The molecule has 1 aliphatic heterocycles. The van der Waals surface area contributed by atoms with E-state index in [1.807, 2.05) is 6.92 Å². The maximum atomic E-state index is 12.6. The Morgan fingerprint density at radius 1 is 1.44 bits per heavy atom. The highest BCUT2D eigenvalue weighted by molar-refractivity contribution is 8.15. The van der Waals surface area contributed by atoms with Crippen LogP contribution in [-0.4, -0.2) is 43.6 Å². The monoisotopic (exact) mass is 405 g/mol. The van der Waals surface area contributed by atoms with Gasteiger partial charge in [0.2, 0.25) is 16.9 Å². The molecule has 9 nitrogen and oxygen atoms in total. The van der Waals surface area contributed by atoms with Crippen LogP contribution >= 0.6 is 23.1 Å². The van der Waals surface area contributed by atoms with Gasteiger partial charge in [-0.2, -0.15) is 4.99 Å². The lowest BCUT2D eigenvalue weighted by molar-refractivity contribution is -0.383. The molecule has 1 unspecified atom stereocenters. The molecule has 11 heteroatoms. The van der Waals surface area contributed by atoms with Crippen LogP contribution in [0.2, 0.25) is 0 Å². The number of hydrogen-bond acceptors (Lipinski definition) is 8. The van der Waals surface area contributed by atoms with Crippen molar-refractivity contribution < 1.29 is 14.5 Å². The second kappa shape index (κ2) is 8.27. The molecule has 0 radical (unpaired) electrons. The van der Waals surface area contributed by atoms with E-state index in [1.165, 1.54) is 46.2 Å². The molecular formula is C16H15N5O4S2. The van der Waals surface area contributed by atoms with Gasteiger partial charge < -0.3 is 5.32 Å². The zero-order valence-electron chi connectivity index (χ0n) is 14.2. The number of amidine groups is 1. The smallest absolute Gasteiger partial charge is 0.292 e. The molecule has 1 atom stereocenters. The van der Waals surface area contributed by atoms with Crippen LogP contribution in [0.25, 0.3) is 0 Å². The van der Waals surface area contributed by atoms with Gasteiger partial charge in [0.15, 0.2) is 5.17 Å². The lowest BCUT2D eigenvalue weighted by Gasteiger charge is -2.12. The molecular weight excluding hydrogens is 390 g/mol. The summed E-state index contributed by atoms with van der Waals surface area (Å²) < 4.78 is 0. The van der Waals surface area contributed by atoms with Gasteiger partial charge in [-0.3, -0.25) is 24.6 Å². The molecule has 0 bridgehead atoms. The van der Waals surface area contributed by atoms with Gasteiger partial charge in [-0.05, 0) is 13.0 Å². The summed E-state index contributed by atoms with van der Waals surface area (Å²) in [4.78, 5) is 45.3. The van der Waals surface area contributed by atoms with Crippen LogP contribution in [0.5, 0.6) is 0 Å². The highest BCUT2D eigenvalue weighted by atomic mass is 32.2. The number of nitro groups is 1. The molecule has 1 aromatic carbocycles. The van der Waals surface area contributed by atoms with Crippen molar-refractivity contribution in [2.24, 2.45) is 4.99 Å². The number of thiazole rings is 1. The molecule has 0 spiro atoms. The summed E-state index contributed by atoms with van der Waals surface area (Å²) in [5, 5.41) is 15.8. The molecule has 0 aliphatic carbocycles. The number of anilines is 1. The number of para-hydroxylation sites is 2. The minimum atomic E-state index is -0.633. The zero-order chi connectivity index (χ0) is 19.4. The SMILES string of the molecule is CCN1C(=O)C(CC(=O)Nc2ccccc2[N+](=O)[O-])SC1=Nc1nccs1. The number of aliphatic imine (C=N–C) groups is 1. The van der Waals surface area contributed by atoms with Gasteiger partial charge in [-0.1, -0.05) is 23.9 Å². The van der Waals surface area contributed by atoms with Gasteiger partial charge in [0.1, 0.15) is 10.9 Å². The summed E-state index contributed by atoms with van der Waals surface area (Å²) in [6.07, 6.45) is 1.52. The predicted molar refractivity (Wildman–Crippen MR) is 104 cm³/mol. The van der Waals surface area contributed by atoms with E-state index in [4.69, 9.17) is 0 Å². The summed E-state index contributed by atoms with van der Waals surface area (Å²) in [5.74, 6) is -0.683. The third-order valence-electron chi connectivity index (χ3n) is 3.69. The first-order valence-corrected chi connectivity index (χ1v) is 9.75. The van der Waals surface area contributed by atoms with Crippen LogP contribution in [0.15, 0.2) is 40.8 Å². The number of nitrogens with zero attached hydrogens (tertiary/aromatic N) is 4. The van der Waals surface area contributed by atoms with E-state index in [1.54, 1.807) is 17.6 Å². The van der Waals surface area contributed by atoms with Crippen molar-refractivity contribution in [3.8, 4) is 0 Å². The fourth-order valence-corrected chi connectivity index (χ4v) is 4.24. The van der Waals surface area contributed by atoms with E-state index in [9.17, 15) is 19.7 Å². The Kier molecular flexibility index (Phi) is 5.81. The number of rotatable bonds is 6. The van der Waals surface area contributed by atoms with Gasteiger partial charge in [-0.15, -0.1) is 11.3 Å². The number of benzene rings is 1. The third kappa shape index (κ3) is 4.31. The predicted octanol–water partition coefficient (Wildman–Crippen LogP) is 3.03. The van der Waals surface area contributed by atoms with Gasteiger partial charge in [0, 0.05) is 30.6 Å². The molecule has 3 rings (SSSR count). The van der Waals surface area contributed by atoms with Gasteiger partial charge in [-0.25, -0.2) is 4.98 Å². The van der Waals surface area contributed by atoms with Crippen molar-refractivity contribution in [3.05, 3.63) is 46.0 Å². The van der Waals surface area contributed by atoms with Crippen molar-refractivity contribution in [3.63, 3.8) is 0 Å². The Morgan fingerprint density at radius 3 is 2.89 bits per heavy atom. The normalized spacial score (nSPS) is 18.1. The summed E-state index contributed by atoms with van der Waals surface area (Å²) in [6.45, 7) is 2.25. The maximum Gasteiger partial charge on any atom is 0.292 e. The van der Waals surface area contributed by atoms with Crippen molar-refractivity contribution in [1.82, 2.24) is 9.88 Å². The minimum Gasteiger partial charge on any atom is -0.320 e. The minimum absolute atomic E-state index is 0.104. The first-order chi connectivity index (χ1) is 13.0. The Balaban J connectivity index is 1.71. The summed E-state index contributed by atoms with van der Waals surface area (Å²) in [6, 6.07) is 5.87. The van der Waals surface area contributed by atoms with Crippen molar-refractivity contribution in [2.45, 2.75) is 18.6 Å². The molecule has 27 heavy (non-hydrogen) atoms. The number of nitrogens with one attached hydrogen (secondary N) is 1. The van der Waals surface area contributed by atoms with Gasteiger partial charge in [0.05, 0.1) is 4.92 Å². The highest BCUT2D eigenvalue weighted by Gasteiger charge is 2.38. The average molecular weight is 405 g/mol. The molecule has 2 aromatic rings. The fourth-order valence-electron chi connectivity index (χ4n) is 2.48. The first-order valence-electron chi connectivity index (χ1n) is 7.99. The van der Waals surface area contributed by atoms with Crippen LogP contribution in [0.4, 0.5) is 16.5 Å². The van der Waals surface area contributed by atoms with E-state index in [-0.39, 0.29) is 23.7 Å². The second-order valence-corrected chi connectivity index (χ2v) is 7.47. The van der Waals surface area contributed by atoms with Crippen molar-refractivity contribution in [2.75, 3.05) is 11.9 Å².